The normalized spacial score (nSPS) is 18.9. The number of aromatic nitrogens is 2. The second kappa shape index (κ2) is 8.58. The maximum atomic E-state index is 5.99. The van der Waals surface area contributed by atoms with E-state index in [9.17, 15) is 0 Å². The van der Waals surface area contributed by atoms with E-state index in [1.165, 1.54) is 12.1 Å². The van der Waals surface area contributed by atoms with Crippen LogP contribution in [0.4, 0.5) is 5.69 Å². The van der Waals surface area contributed by atoms with E-state index in [4.69, 9.17) is 21.1 Å². The second-order valence-corrected chi connectivity index (χ2v) is 8.22. The molecule has 1 saturated heterocycles. The minimum Gasteiger partial charge on any atom is -0.486 e. The first kappa shape index (κ1) is 19.3. The molecule has 1 aromatic carbocycles. The van der Waals surface area contributed by atoms with Gasteiger partial charge in [0.05, 0.1) is 5.02 Å². The van der Waals surface area contributed by atoms with E-state index in [0.717, 1.165) is 49.1 Å². The maximum Gasteiger partial charge on any atom is 0.163 e. The number of anilines is 1. The van der Waals surface area contributed by atoms with Gasteiger partial charge in [0, 0.05) is 49.0 Å². The number of hydrogen-bond acceptors (Lipinski definition) is 5. The molecule has 6 nitrogen and oxygen atoms in total. The minimum atomic E-state index is 0.401. The highest BCUT2D eigenvalue weighted by atomic mass is 35.5. The van der Waals surface area contributed by atoms with Crippen LogP contribution in [0.2, 0.25) is 5.02 Å². The van der Waals surface area contributed by atoms with Crippen molar-refractivity contribution in [2.75, 3.05) is 31.6 Å². The number of hydrogen-bond donors (Lipinski definition) is 1. The molecule has 0 bridgehead atoms. The van der Waals surface area contributed by atoms with Gasteiger partial charge in [-0.05, 0) is 55.8 Å². The molecule has 0 radical (unpaired) electrons. The van der Waals surface area contributed by atoms with Crippen molar-refractivity contribution in [2.24, 2.45) is 0 Å². The lowest BCUT2D eigenvalue weighted by molar-refractivity contribution is 0.171. The lowest BCUT2D eigenvalue weighted by Crippen LogP contribution is -2.41. The Balaban J connectivity index is 1.24. The van der Waals surface area contributed by atoms with Crippen molar-refractivity contribution in [1.82, 2.24) is 14.5 Å². The fourth-order valence-corrected chi connectivity index (χ4v) is 4.31. The standard InChI is InChI=1S/C23H25ClN4O2/c24-17-5-8-23(25-14-17)28-10-2-4-20(28)16-27-9-1-3-19(15-27)26-18-6-7-21-22(13-18)30-12-11-29-21/h2,4-8,10,13-14,19,26H,1,3,9,11-12,15-16H2. The molecule has 156 valence electrons. The predicted molar refractivity (Wildman–Crippen MR) is 118 cm³/mol. The Morgan fingerprint density at radius 3 is 2.87 bits per heavy atom. The van der Waals surface area contributed by atoms with Crippen molar-refractivity contribution in [3.8, 4) is 17.3 Å². The summed E-state index contributed by atoms with van der Waals surface area (Å²) in [6.07, 6.45) is 6.07. The molecule has 4 heterocycles. The van der Waals surface area contributed by atoms with E-state index < -0.39 is 0 Å². The van der Waals surface area contributed by atoms with E-state index >= 15 is 0 Å². The first-order valence-corrected chi connectivity index (χ1v) is 10.8. The van der Waals surface area contributed by atoms with Gasteiger partial charge in [0.2, 0.25) is 0 Å². The van der Waals surface area contributed by atoms with Crippen LogP contribution in [0.25, 0.3) is 5.82 Å². The SMILES string of the molecule is Clc1ccc(-n2cccc2CN2CCCC(Nc3ccc4c(c3)OCCO4)C2)nc1. The van der Waals surface area contributed by atoms with Gasteiger partial charge in [-0.3, -0.25) is 4.90 Å². The van der Waals surface area contributed by atoms with E-state index in [-0.39, 0.29) is 0 Å². The van der Waals surface area contributed by atoms with Gasteiger partial charge in [0.1, 0.15) is 19.0 Å². The van der Waals surface area contributed by atoms with Crippen LogP contribution in [0, 0.1) is 0 Å². The molecule has 5 rings (SSSR count). The average Bonchev–Trinajstić information content (AvgIpc) is 3.22. The van der Waals surface area contributed by atoms with Crippen LogP contribution in [-0.2, 0) is 6.54 Å². The highest BCUT2D eigenvalue weighted by Gasteiger charge is 2.22. The molecule has 3 aromatic rings. The molecule has 1 unspecified atom stereocenters. The summed E-state index contributed by atoms with van der Waals surface area (Å²) in [5.41, 5.74) is 2.31. The fraction of sp³-hybridized carbons (Fsp3) is 0.348. The zero-order chi connectivity index (χ0) is 20.3. The number of fused-ring (bicyclic) bond motifs is 1. The number of ether oxygens (including phenoxy) is 2. The van der Waals surface area contributed by atoms with Gasteiger partial charge in [0.15, 0.2) is 11.5 Å². The Labute approximate surface area is 181 Å². The molecule has 2 aromatic heterocycles. The van der Waals surface area contributed by atoms with Gasteiger partial charge in [-0.25, -0.2) is 4.98 Å². The summed E-state index contributed by atoms with van der Waals surface area (Å²) in [5.74, 6) is 2.54. The summed E-state index contributed by atoms with van der Waals surface area (Å²) < 4.78 is 13.5. The Kier molecular flexibility index (Phi) is 5.51. The quantitative estimate of drug-likeness (QED) is 0.659. The number of nitrogens with one attached hydrogen (secondary N) is 1. The van der Waals surface area contributed by atoms with Crippen molar-refractivity contribution in [2.45, 2.75) is 25.4 Å². The monoisotopic (exact) mass is 424 g/mol. The fourth-order valence-electron chi connectivity index (χ4n) is 4.19. The molecule has 2 aliphatic rings. The molecular formula is C23H25ClN4O2. The van der Waals surface area contributed by atoms with Gasteiger partial charge in [-0.2, -0.15) is 0 Å². The molecule has 1 fully saturated rings. The molecule has 7 heteroatoms. The van der Waals surface area contributed by atoms with E-state index in [1.54, 1.807) is 6.20 Å². The molecule has 1 atom stereocenters. The third-order valence-corrected chi connectivity index (χ3v) is 5.82. The number of likely N-dealkylation sites (tertiary alicyclic amines) is 1. The molecular weight excluding hydrogens is 400 g/mol. The number of rotatable bonds is 5. The molecule has 0 saturated carbocycles. The zero-order valence-corrected chi connectivity index (χ0v) is 17.5. The van der Waals surface area contributed by atoms with E-state index in [1.807, 2.05) is 24.3 Å². The van der Waals surface area contributed by atoms with Crippen LogP contribution >= 0.6 is 11.6 Å². The maximum absolute atomic E-state index is 5.99. The molecule has 0 amide bonds. The van der Waals surface area contributed by atoms with Gasteiger partial charge in [0.25, 0.3) is 0 Å². The largest absolute Gasteiger partial charge is 0.486 e. The second-order valence-electron chi connectivity index (χ2n) is 7.78. The van der Waals surface area contributed by atoms with Crippen LogP contribution < -0.4 is 14.8 Å². The first-order valence-electron chi connectivity index (χ1n) is 10.4. The lowest BCUT2D eigenvalue weighted by Gasteiger charge is -2.34. The first-order chi connectivity index (χ1) is 14.7. The van der Waals surface area contributed by atoms with Crippen LogP contribution in [0.3, 0.4) is 0 Å². The highest BCUT2D eigenvalue weighted by Crippen LogP contribution is 2.33. The third-order valence-electron chi connectivity index (χ3n) is 5.60. The van der Waals surface area contributed by atoms with Crippen molar-refractivity contribution in [3.63, 3.8) is 0 Å². The predicted octanol–water partition coefficient (Wildman–Crippen LogP) is 4.37. The smallest absolute Gasteiger partial charge is 0.163 e. The number of benzene rings is 1. The van der Waals surface area contributed by atoms with Gasteiger partial charge in [-0.15, -0.1) is 0 Å². The Bertz CT molecular complexity index is 1000. The molecule has 30 heavy (non-hydrogen) atoms. The number of halogens is 1. The summed E-state index contributed by atoms with van der Waals surface area (Å²) in [6.45, 7) is 4.20. The van der Waals surface area contributed by atoms with Crippen molar-refractivity contribution >= 4 is 17.3 Å². The van der Waals surface area contributed by atoms with Crippen LogP contribution in [-0.4, -0.2) is 46.8 Å². The summed E-state index contributed by atoms with van der Waals surface area (Å²) in [5, 5.41) is 4.33. The van der Waals surface area contributed by atoms with Gasteiger partial charge in [-0.1, -0.05) is 11.6 Å². The van der Waals surface area contributed by atoms with Crippen LogP contribution in [0.5, 0.6) is 11.5 Å². The van der Waals surface area contributed by atoms with Gasteiger partial charge >= 0.3 is 0 Å². The molecule has 1 N–H and O–H groups in total. The van der Waals surface area contributed by atoms with Crippen LogP contribution in [0.1, 0.15) is 18.5 Å². The zero-order valence-electron chi connectivity index (χ0n) is 16.8. The molecule has 2 aliphatic heterocycles. The Morgan fingerprint density at radius 1 is 1.10 bits per heavy atom. The van der Waals surface area contributed by atoms with E-state index in [0.29, 0.717) is 24.3 Å². The van der Waals surface area contributed by atoms with Gasteiger partial charge < -0.3 is 19.4 Å². The highest BCUT2D eigenvalue weighted by molar-refractivity contribution is 6.30. The van der Waals surface area contributed by atoms with E-state index in [2.05, 4.69) is 44.2 Å². The Hall–Kier alpha value is -2.70. The third kappa shape index (κ3) is 4.25. The number of piperidine rings is 1. The summed E-state index contributed by atoms with van der Waals surface area (Å²) in [4.78, 5) is 6.96. The number of pyridine rings is 1. The summed E-state index contributed by atoms with van der Waals surface area (Å²) in [6, 6.07) is 14.6. The topological polar surface area (TPSA) is 51.5 Å². The molecule has 0 spiro atoms. The average molecular weight is 425 g/mol. The molecule has 0 aliphatic carbocycles. The summed E-state index contributed by atoms with van der Waals surface area (Å²) >= 11 is 5.99. The Morgan fingerprint density at radius 2 is 2.00 bits per heavy atom. The van der Waals surface area contributed by atoms with Crippen molar-refractivity contribution in [3.05, 3.63) is 65.6 Å². The summed E-state index contributed by atoms with van der Waals surface area (Å²) in [7, 11) is 0. The lowest BCUT2D eigenvalue weighted by atomic mass is 10.0. The van der Waals surface area contributed by atoms with Crippen LogP contribution in [0.15, 0.2) is 54.9 Å². The van der Waals surface area contributed by atoms with Crippen molar-refractivity contribution in [1.29, 1.82) is 0 Å². The van der Waals surface area contributed by atoms with Crippen molar-refractivity contribution < 1.29 is 9.47 Å². The number of nitrogens with zero attached hydrogens (tertiary/aromatic N) is 3. The minimum absolute atomic E-state index is 0.401.